The third kappa shape index (κ3) is 7.15. The third-order valence-corrected chi connectivity index (χ3v) is 3.89. The highest BCUT2D eigenvalue weighted by Gasteiger charge is 2.11. The number of aliphatic hydroxyl groups excluding tert-OH is 1. The first-order valence-electron chi connectivity index (χ1n) is 6.26. The second-order valence-corrected chi connectivity index (χ2v) is 5.45. The maximum absolute atomic E-state index is 12.3. The van der Waals surface area contributed by atoms with E-state index in [4.69, 9.17) is 16.7 Å². The standard InChI is InChI=1S/C12H19ClF2N2OS/c13-7-10-9-19-12(16-10)3-1-2-4-17(5-6-18)8-11(14)15/h9,11,18H,1-8H2. The third-order valence-electron chi connectivity index (χ3n) is 2.66. The molecule has 0 aliphatic rings. The summed E-state index contributed by atoms with van der Waals surface area (Å²) in [5.41, 5.74) is 0.890. The van der Waals surface area contributed by atoms with Gasteiger partial charge >= 0.3 is 0 Å². The van der Waals surface area contributed by atoms with E-state index in [2.05, 4.69) is 4.98 Å². The number of rotatable bonds is 10. The lowest BCUT2D eigenvalue weighted by Crippen LogP contribution is -2.32. The summed E-state index contributed by atoms with van der Waals surface area (Å²) < 4.78 is 24.6. The lowest BCUT2D eigenvalue weighted by molar-refractivity contribution is 0.0775. The number of aryl methyl sites for hydroxylation is 1. The molecule has 0 radical (unpaired) electrons. The van der Waals surface area contributed by atoms with Gasteiger partial charge in [-0.25, -0.2) is 13.8 Å². The Kier molecular flexibility index (Phi) is 8.45. The van der Waals surface area contributed by atoms with Crippen molar-refractivity contribution in [3.05, 3.63) is 16.1 Å². The van der Waals surface area contributed by atoms with Crippen LogP contribution in [-0.2, 0) is 12.3 Å². The van der Waals surface area contributed by atoms with Crippen molar-refractivity contribution in [1.82, 2.24) is 9.88 Å². The molecule has 0 saturated carbocycles. The van der Waals surface area contributed by atoms with Gasteiger partial charge in [-0.1, -0.05) is 0 Å². The molecule has 0 atom stereocenters. The van der Waals surface area contributed by atoms with Crippen LogP contribution in [0, 0.1) is 0 Å². The van der Waals surface area contributed by atoms with Crippen LogP contribution < -0.4 is 0 Å². The number of aliphatic hydroxyl groups is 1. The number of alkyl halides is 3. The summed E-state index contributed by atoms with van der Waals surface area (Å²) in [6.07, 6.45) is 0.225. The van der Waals surface area contributed by atoms with Crippen molar-refractivity contribution < 1.29 is 13.9 Å². The zero-order valence-corrected chi connectivity index (χ0v) is 12.3. The first-order chi connectivity index (χ1) is 9.15. The molecule has 1 rings (SSSR count). The van der Waals surface area contributed by atoms with Crippen LogP contribution in [0.5, 0.6) is 0 Å². The predicted molar refractivity (Wildman–Crippen MR) is 74.1 cm³/mol. The van der Waals surface area contributed by atoms with Crippen molar-refractivity contribution in [2.75, 3.05) is 26.2 Å². The van der Waals surface area contributed by atoms with Crippen LogP contribution in [-0.4, -0.2) is 47.7 Å². The number of aromatic nitrogens is 1. The largest absolute Gasteiger partial charge is 0.395 e. The number of nitrogens with zero attached hydrogens (tertiary/aromatic N) is 2. The molecule has 0 amide bonds. The molecule has 0 bridgehead atoms. The minimum Gasteiger partial charge on any atom is -0.395 e. The molecule has 0 aliphatic carbocycles. The Morgan fingerprint density at radius 1 is 1.37 bits per heavy atom. The number of unbranched alkanes of at least 4 members (excludes halogenated alkanes) is 1. The summed E-state index contributed by atoms with van der Waals surface area (Å²) in [5, 5.41) is 11.8. The van der Waals surface area contributed by atoms with Crippen LogP contribution in [0.3, 0.4) is 0 Å². The van der Waals surface area contributed by atoms with Crippen molar-refractivity contribution >= 4 is 22.9 Å². The molecule has 7 heteroatoms. The Morgan fingerprint density at radius 2 is 2.16 bits per heavy atom. The average Bonchev–Trinajstić information content (AvgIpc) is 2.82. The lowest BCUT2D eigenvalue weighted by atomic mass is 10.2. The van der Waals surface area contributed by atoms with Crippen LogP contribution in [0.1, 0.15) is 23.5 Å². The van der Waals surface area contributed by atoms with Gasteiger partial charge in [0.2, 0.25) is 0 Å². The number of hydrogen-bond acceptors (Lipinski definition) is 4. The van der Waals surface area contributed by atoms with Crippen molar-refractivity contribution in [2.45, 2.75) is 31.6 Å². The summed E-state index contributed by atoms with van der Waals surface area (Å²) in [6, 6.07) is 0. The second kappa shape index (κ2) is 9.58. The summed E-state index contributed by atoms with van der Waals surface area (Å²) in [6.45, 7) is 0.531. The molecular formula is C12H19ClF2N2OS. The van der Waals surface area contributed by atoms with E-state index in [9.17, 15) is 8.78 Å². The van der Waals surface area contributed by atoms with Crippen molar-refractivity contribution in [2.24, 2.45) is 0 Å². The highest BCUT2D eigenvalue weighted by molar-refractivity contribution is 7.09. The minimum absolute atomic E-state index is 0.0850. The van der Waals surface area contributed by atoms with E-state index < -0.39 is 6.43 Å². The van der Waals surface area contributed by atoms with Crippen LogP contribution in [0.2, 0.25) is 0 Å². The van der Waals surface area contributed by atoms with Crippen LogP contribution in [0.4, 0.5) is 8.78 Å². The monoisotopic (exact) mass is 312 g/mol. The molecule has 0 aliphatic heterocycles. The molecule has 1 aromatic heterocycles. The fraction of sp³-hybridized carbons (Fsp3) is 0.750. The summed E-state index contributed by atoms with van der Waals surface area (Å²) in [4.78, 5) is 5.94. The quantitative estimate of drug-likeness (QED) is 0.533. The van der Waals surface area contributed by atoms with Crippen LogP contribution >= 0.6 is 22.9 Å². The van der Waals surface area contributed by atoms with E-state index >= 15 is 0 Å². The van der Waals surface area contributed by atoms with Gasteiger partial charge in [0.1, 0.15) is 0 Å². The van der Waals surface area contributed by atoms with Gasteiger partial charge in [0.25, 0.3) is 6.43 Å². The Hall–Kier alpha value is -0.300. The molecule has 0 fully saturated rings. The highest BCUT2D eigenvalue weighted by atomic mass is 35.5. The van der Waals surface area contributed by atoms with E-state index in [-0.39, 0.29) is 13.2 Å². The first-order valence-corrected chi connectivity index (χ1v) is 7.67. The van der Waals surface area contributed by atoms with E-state index in [0.717, 1.165) is 30.0 Å². The molecule has 1 heterocycles. The molecule has 0 unspecified atom stereocenters. The summed E-state index contributed by atoms with van der Waals surface area (Å²) >= 11 is 7.25. The normalized spacial score (nSPS) is 11.7. The molecular weight excluding hydrogens is 294 g/mol. The Labute approximate surface area is 121 Å². The fourth-order valence-electron chi connectivity index (χ4n) is 1.77. The maximum Gasteiger partial charge on any atom is 0.251 e. The number of thiazole rings is 1. The van der Waals surface area contributed by atoms with Gasteiger partial charge in [-0.3, -0.25) is 4.90 Å². The highest BCUT2D eigenvalue weighted by Crippen LogP contribution is 2.14. The molecule has 19 heavy (non-hydrogen) atoms. The molecule has 0 aromatic carbocycles. The van der Waals surface area contributed by atoms with Crippen LogP contribution in [0.15, 0.2) is 5.38 Å². The molecule has 0 saturated heterocycles. The van der Waals surface area contributed by atoms with E-state index in [0.29, 0.717) is 19.0 Å². The zero-order valence-electron chi connectivity index (χ0n) is 10.7. The van der Waals surface area contributed by atoms with E-state index in [1.165, 1.54) is 0 Å². The van der Waals surface area contributed by atoms with E-state index in [1.54, 1.807) is 16.2 Å². The van der Waals surface area contributed by atoms with Gasteiger partial charge in [-0.2, -0.15) is 0 Å². The first kappa shape index (κ1) is 16.8. The fourth-order valence-corrected chi connectivity index (χ4v) is 2.84. The summed E-state index contributed by atoms with van der Waals surface area (Å²) in [7, 11) is 0. The van der Waals surface area contributed by atoms with Gasteiger partial charge in [-0.05, 0) is 25.8 Å². The van der Waals surface area contributed by atoms with Crippen LogP contribution in [0.25, 0.3) is 0 Å². The van der Waals surface area contributed by atoms with Gasteiger partial charge in [0.05, 0.1) is 29.7 Å². The van der Waals surface area contributed by atoms with Crippen molar-refractivity contribution in [3.63, 3.8) is 0 Å². The second-order valence-electron chi connectivity index (χ2n) is 4.24. The van der Waals surface area contributed by atoms with Gasteiger partial charge in [0, 0.05) is 11.9 Å². The number of halogens is 3. The zero-order chi connectivity index (χ0) is 14.1. The Morgan fingerprint density at radius 3 is 2.74 bits per heavy atom. The molecule has 3 nitrogen and oxygen atoms in total. The topological polar surface area (TPSA) is 36.4 Å². The molecule has 110 valence electrons. The lowest BCUT2D eigenvalue weighted by Gasteiger charge is -2.20. The van der Waals surface area contributed by atoms with Gasteiger partial charge < -0.3 is 5.11 Å². The van der Waals surface area contributed by atoms with Crippen molar-refractivity contribution in [1.29, 1.82) is 0 Å². The molecule has 1 N–H and O–H groups in total. The summed E-state index contributed by atoms with van der Waals surface area (Å²) in [5.74, 6) is 0.426. The SMILES string of the molecule is OCCN(CCCCc1nc(CCl)cs1)CC(F)F. The van der Waals surface area contributed by atoms with Crippen molar-refractivity contribution in [3.8, 4) is 0 Å². The maximum atomic E-state index is 12.3. The molecule has 0 spiro atoms. The Balaban J connectivity index is 2.20. The Bertz CT molecular complexity index is 352. The predicted octanol–water partition coefficient (Wildman–Crippen LogP) is 2.76. The number of hydrogen-bond donors (Lipinski definition) is 1. The van der Waals surface area contributed by atoms with Gasteiger partial charge in [-0.15, -0.1) is 22.9 Å². The smallest absolute Gasteiger partial charge is 0.251 e. The van der Waals surface area contributed by atoms with Gasteiger partial charge in [0.15, 0.2) is 0 Å². The molecule has 1 aromatic rings. The van der Waals surface area contributed by atoms with E-state index in [1.807, 2.05) is 5.38 Å². The minimum atomic E-state index is -2.35. The average molecular weight is 313 g/mol.